The fourth-order valence-corrected chi connectivity index (χ4v) is 6.23. The molecule has 0 spiro atoms. The van der Waals surface area contributed by atoms with Crippen LogP contribution < -0.4 is 23.7 Å². The van der Waals surface area contributed by atoms with Crippen LogP contribution >= 0.6 is 0 Å². The van der Waals surface area contributed by atoms with Crippen molar-refractivity contribution in [3.05, 3.63) is 140 Å². The lowest BCUT2D eigenvalue weighted by molar-refractivity contribution is -0.138. The van der Waals surface area contributed by atoms with Gasteiger partial charge in [-0.05, 0) is 161 Å². The maximum atomic E-state index is 13.5. The van der Waals surface area contributed by atoms with Crippen LogP contribution in [0.2, 0.25) is 0 Å². The minimum Gasteiger partial charge on any atom is -0.494 e. The van der Waals surface area contributed by atoms with Gasteiger partial charge in [0.2, 0.25) is 0 Å². The lowest BCUT2D eigenvalue weighted by Crippen LogP contribution is -2.13. The third kappa shape index (κ3) is 19.7. The maximum Gasteiger partial charge on any atom is 0.343 e. The van der Waals surface area contributed by atoms with Gasteiger partial charge in [-0.15, -0.1) is 0 Å². The van der Waals surface area contributed by atoms with E-state index in [2.05, 4.69) is 19.7 Å². The number of carbonyl (C=O) groups excluding carboxylic acids is 5. The molecule has 0 fully saturated rings. The molecular weight excluding hydrogens is 845 g/mol. The van der Waals surface area contributed by atoms with Crippen molar-refractivity contribution in [2.75, 3.05) is 39.6 Å². The number of esters is 5. The molecule has 66 heavy (non-hydrogen) atoms. The molecule has 4 aromatic rings. The Morgan fingerprint density at radius 3 is 1.05 bits per heavy atom. The Hall–Kier alpha value is -7.15. The zero-order chi connectivity index (χ0) is 47.2. The second kappa shape index (κ2) is 30.1. The van der Waals surface area contributed by atoms with E-state index >= 15 is 0 Å². The van der Waals surface area contributed by atoms with Crippen LogP contribution in [0.25, 0.3) is 11.1 Å². The number of unbranched alkanes of at least 4 members (excludes halogenated alkanes) is 9. The lowest BCUT2D eigenvalue weighted by atomic mass is 10.0. The summed E-state index contributed by atoms with van der Waals surface area (Å²) in [4.78, 5) is 60.4. The normalized spacial score (nSPS) is 10.5. The Morgan fingerprint density at radius 2 is 0.682 bits per heavy atom. The highest BCUT2D eigenvalue weighted by Crippen LogP contribution is 2.35. The van der Waals surface area contributed by atoms with Gasteiger partial charge in [0, 0.05) is 18.2 Å². The molecule has 0 saturated carbocycles. The van der Waals surface area contributed by atoms with Crippen molar-refractivity contribution in [2.24, 2.45) is 0 Å². The quantitative estimate of drug-likeness (QED) is 0.0150. The lowest BCUT2D eigenvalue weighted by Gasteiger charge is -2.14. The van der Waals surface area contributed by atoms with Crippen molar-refractivity contribution in [3.63, 3.8) is 0 Å². The van der Waals surface area contributed by atoms with E-state index in [1.807, 2.05) is 24.3 Å². The highest BCUT2D eigenvalue weighted by molar-refractivity contribution is 5.94. The zero-order valence-corrected chi connectivity index (χ0v) is 37.5. The molecule has 0 N–H and O–H groups in total. The molecule has 13 nitrogen and oxygen atoms in total. The molecule has 0 amide bonds. The molecule has 0 atom stereocenters. The maximum absolute atomic E-state index is 13.5. The number of carbonyl (C=O) groups is 5. The molecule has 13 heteroatoms. The fourth-order valence-electron chi connectivity index (χ4n) is 6.23. The molecule has 4 rings (SSSR count). The van der Waals surface area contributed by atoms with E-state index in [4.69, 9.17) is 37.9 Å². The van der Waals surface area contributed by atoms with Gasteiger partial charge < -0.3 is 37.9 Å². The third-order valence-electron chi connectivity index (χ3n) is 9.87. The second-order valence-electron chi connectivity index (χ2n) is 14.9. The van der Waals surface area contributed by atoms with Crippen LogP contribution in [0, 0.1) is 0 Å². The first-order valence-corrected chi connectivity index (χ1v) is 22.3. The molecule has 0 radical (unpaired) electrons. The summed E-state index contributed by atoms with van der Waals surface area (Å²) in [6.07, 6.45) is 13.7. The highest BCUT2D eigenvalue weighted by atomic mass is 16.6. The molecule has 350 valence electrons. The monoisotopic (exact) mass is 904 g/mol. The molecule has 0 aliphatic heterocycles. The Bertz CT molecular complexity index is 2160. The van der Waals surface area contributed by atoms with Crippen molar-refractivity contribution < 1.29 is 61.9 Å². The average molecular weight is 905 g/mol. The summed E-state index contributed by atoms with van der Waals surface area (Å²) in [7, 11) is 0. The van der Waals surface area contributed by atoms with Crippen LogP contribution in [0.15, 0.2) is 129 Å². The summed E-state index contributed by atoms with van der Waals surface area (Å²) >= 11 is 0. The van der Waals surface area contributed by atoms with Crippen molar-refractivity contribution in [1.29, 1.82) is 0 Å². The topological polar surface area (TPSA) is 159 Å². The minimum atomic E-state index is -0.660. The van der Waals surface area contributed by atoms with Gasteiger partial charge in [0.1, 0.15) is 17.2 Å². The zero-order valence-electron chi connectivity index (χ0n) is 37.5. The van der Waals surface area contributed by atoms with Gasteiger partial charge in [0.25, 0.3) is 0 Å². The van der Waals surface area contributed by atoms with Gasteiger partial charge in [0.05, 0.1) is 50.8 Å². The van der Waals surface area contributed by atoms with E-state index < -0.39 is 29.8 Å². The summed E-state index contributed by atoms with van der Waals surface area (Å²) in [6, 6.07) is 25.7. The van der Waals surface area contributed by atoms with Crippen LogP contribution in [0.5, 0.6) is 28.7 Å². The number of benzene rings is 4. The number of hydrogen-bond acceptors (Lipinski definition) is 13. The van der Waals surface area contributed by atoms with Gasteiger partial charge in [0.15, 0.2) is 11.5 Å². The SMILES string of the molecule is C=CC(=O)OCCCCCCOc1ccc(C(=O)Oc2ccc(-c3ccc(OCCCCCCOC(=O)C=C)cc3)cc2OC(=O)c2ccc(OCCCCCCOC(=O)C=C)cc2)cc1. The van der Waals surface area contributed by atoms with Crippen LogP contribution in [-0.2, 0) is 28.6 Å². The molecule has 0 bridgehead atoms. The molecule has 0 heterocycles. The van der Waals surface area contributed by atoms with Gasteiger partial charge in [-0.1, -0.05) is 37.9 Å². The first kappa shape index (κ1) is 51.5. The standard InChI is InChI=1S/C53H60O13/c1-4-49(54)62-36-16-10-7-13-33-59-44-26-19-40(20-27-44)43-25-32-47(65-52(57)41-21-28-45(29-22-41)60-34-14-8-11-17-37-63-50(55)5-2)48(39-43)66-53(58)42-23-30-46(31-24-42)61-35-15-9-12-18-38-64-51(56)6-3/h4-6,19-32,39H,1-3,7-18,33-38H2. The van der Waals surface area contributed by atoms with Gasteiger partial charge in [-0.3, -0.25) is 0 Å². The van der Waals surface area contributed by atoms with E-state index in [0.717, 1.165) is 101 Å². The molecule has 0 saturated heterocycles. The predicted molar refractivity (Wildman–Crippen MR) is 250 cm³/mol. The van der Waals surface area contributed by atoms with Crippen LogP contribution in [0.4, 0.5) is 0 Å². The third-order valence-corrected chi connectivity index (χ3v) is 9.87. The highest BCUT2D eigenvalue weighted by Gasteiger charge is 2.18. The Morgan fingerprint density at radius 1 is 0.364 bits per heavy atom. The summed E-state index contributed by atoms with van der Waals surface area (Å²) in [5.74, 6) is -0.590. The van der Waals surface area contributed by atoms with E-state index in [1.54, 1.807) is 66.7 Å². The number of hydrogen-bond donors (Lipinski definition) is 0. The largest absolute Gasteiger partial charge is 0.494 e. The summed E-state index contributed by atoms with van der Waals surface area (Å²) < 4.78 is 44.4. The van der Waals surface area contributed by atoms with Crippen molar-refractivity contribution >= 4 is 29.8 Å². The average Bonchev–Trinajstić information content (AvgIpc) is 3.34. The second-order valence-corrected chi connectivity index (χ2v) is 14.9. The number of ether oxygens (including phenoxy) is 8. The predicted octanol–water partition coefficient (Wildman–Crippen LogP) is 10.8. The van der Waals surface area contributed by atoms with Gasteiger partial charge in [-0.25, -0.2) is 24.0 Å². The minimum absolute atomic E-state index is 0.0452. The molecule has 0 unspecified atom stereocenters. The molecule has 0 aromatic heterocycles. The van der Waals surface area contributed by atoms with E-state index in [0.29, 0.717) is 62.5 Å². The summed E-state index contributed by atoms with van der Waals surface area (Å²) in [6.45, 7) is 12.7. The van der Waals surface area contributed by atoms with Crippen LogP contribution in [-0.4, -0.2) is 69.5 Å². The molecular formula is C53H60O13. The first-order valence-electron chi connectivity index (χ1n) is 22.3. The first-order chi connectivity index (χ1) is 32.2. The fraction of sp³-hybridized carbons (Fsp3) is 0.340. The van der Waals surface area contributed by atoms with Crippen LogP contribution in [0.3, 0.4) is 0 Å². The van der Waals surface area contributed by atoms with E-state index in [9.17, 15) is 24.0 Å². The van der Waals surface area contributed by atoms with Crippen molar-refractivity contribution in [1.82, 2.24) is 0 Å². The van der Waals surface area contributed by atoms with Gasteiger partial charge in [-0.2, -0.15) is 0 Å². The number of rotatable bonds is 32. The smallest absolute Gasteiger partial charge is 0.343 e. The van der Waals surface area contributed by atoms with E-state index in [-0.39, 0.29) is 22.6 Å². The summed E-state index contributed by atoms with van der Waals surface area (Å²) in [5.41, 5.74) is 2.06. The Balaban J connectivity index is 1.35. The van der Waals surface area contributed by atoms with E-state index in [1.165, 1.54) is 0 Å². The van der Waals surface area contributed by atoms with Crippen molar-refractivity contribution in [3.8, 4) is 39.9 Å². The summed E-state index contributed by atoms with van der Waals surface area (Å²) in [5, 5.41) is 0. The van der Waals surface area contributed by atoms with Crippen molar-refractivity contribution in [2.45, 2.75) is 77.0 Å². The van der Waals surface area contributed by atoms with Crippen LogP contribution in [0.1, 0.15) is 97.8 Å². The molecule has 0 aliphatic carbocycles. The van der Waals surface area contributed by atoms with Gasteiger partial charge >= 0.3 is 29.8 Å². The molecule has 4 aromatic carbocycles. The Kier molecular flexibility index (Phi) is 23.5. The Labute approximate surface area is 387 Å². The molecule has 0 aliphatic rings.